The van der Waals surface area contributed by atoms with Crippen molar-refractivity contribution >= 4 is 48.5 Å². The van der Waals surface area contributed by atoms with Crippen molar-refractivity contribution in [1.82, 2.24) is 9.88 Å². The Hall–Kier alpha value is -2.00. The quantitative estimate of drug-likeness (QED) is 0.514. The fourth-order valence-corrected chi connectivity index (χ4v) is 4.82. The normalized spacial score (nSPS) is 14.8. The van der Waals surface area contributed by atoms with E-state index >= 15 is 0 Å². The van der Waals surface area contributed by atoms with Crippen molar-refractivity contribution in [2.24, 2.45) is 0 Å². The Morgan fingerprint density at radius 1 is 1.23 bits per heavy atom. The highest BCUT2D eigenvalue weighted by Crippen LogP contribution is 2.36. The highest BCUT2D eigenvalue weighted by Gasteiger charge is 2.24. The highest BCUT2D eigenvalue weighted by molar-refractivity contribution is 9.10. The van der Waals surface area contributed by atoms with Crippen molar-refractivity contribution in [3.63, 3.8) is 0 Å². The Morgan fingerprint density at radius 3 is 2.67 bits per heavy atom. The first-order valence-corrected chi connectivity index (χ1v) is 11.5. The standard InChI is InChI=1S/C22H24BrN3O3S/c1-15-3-8-18(28-2)19-20(15)30-22(24-19)26(10-9-25-11-13-29-14-12-25)21(27)16-4-6-17(23)7-5-16/h3-8H,9-14H2,1-2H3. The molecule has 8 heteroatoms. The van der Waals surface area contributed by atoms with E-state index in [0.29, 0.717) is 17.2 Å². The van der Waals surface area contributed by atoms with Gasteiger partial charge in [-0.3, -0.25) is 14.6 Å². The summed E-state index contributed by atoms with van der Waals surface area (Å²) in [6, 6.07) is 11.4. The summed E-state index contributed by atoms with van der Waals surface area (Å²) >= 11 is 4.97. The maximum absolute atomic E-state index is 13.4. The third kappa shape index (κ3) is 4.51. The van der Waals surface area contributed by atoms with Crippen LogP contribution in [-0.2, 0) is 4.74 Å². The lowest BCUT2D eigenvalue weighted by molar-refractivity contribution is 0.0391. The van der Waals surface area contributed by atoms with Crippen molar-refractivity contribution in [2.45, 2.75) is 6.92 Å². The molecule has 0 N–H and O–H groups in total. The van der Waals surface area contributed by atoms with Crippen LogP contribution in [0, 0.1) is 6.92 Å². The summed E-state index contributed by atoms with van der Waals surface area (Å²) in [6.45, 7) is 6.63. The number of nitrogens with zero attached hydrogens (tertiary/aromatic N) is 3. The van der Waals surface area contributed by atoms with Crippen LogP contribution in [0.25, 0.3) is 10.2 Å². The van der Waals surface area contributed by atoms with Gasteiger partial charge in [-0.1, -0.05) is 33.3 Å². The molecule has 3 aromatic rings. The number of amides is 1. The van der Waals surface area contributed by atoms with Crippen LogP contribution in [0.15, 0.2) is 40.9 Å². The van der Waals surface area contributed by atoms with E-state index in [2.05, 4.69) is 27.8 Å². The second kappa shape index (κ2) is 9.43. The molecule has 0 unspecified atom stereocenters. The van der Waals surface area contributed by atoms with Crippen LogP contribution in [0.3, 0.4) is 0 Å². The first-order valence-electron chi connectivity index (χ1n) is 9.88. The Morgan fingerprint density at radius 2 is 1.97 bits per heavy atom. The summed E-state index contributed by atoms with van der Waals surface area (Å²) < 4.78 is 12.9. The summed E-state index contributed by atoms with van der Waals surface area (Å²) in [5, 5.41) is 0.693. The maximum Gasteiger partial charge on any atom is 0.260 e. The van der Waals surface area contributed by atoms with Gasteiger partial charge >= 0.3 is 0 Å². The molecule has 1 aliphatic rings. The van der Waals surface area contributed by atoms with E-state index < -0.39 is 0 Å². The van der Waals surface area contributed by atoms with E-state index in [0.717, 1.165) is 58.9 Å². The van der Waals surface area contributed by atoms with E-state index in [1.807, 2.05) is 36.4 Å². The summed E-state index contributed by atoms with van der Waals surface area (Å²) in [5.74, 6) is 0.675. The Bertz CT molecular complexity index is 1030. The van der Waals surface area contributed by atoms with E-state index in [9.17, 15) is 4.79 Å². The Labute approximate surface area is 188 Å². The van der Waals surface area contributed by atoms with Gasteiger partial charge in [0.25, 0.3) is 5.91 Å². The number of carbonyl (C=O) groups excluding carboxylic acids is 1. The molecule has 4 rings (SSSR count). The minimum absolute atomic E-state index is 0.0496. The minimum atomic E-state index is -0.0496. The lowest BCUT2D eigenvalue weighted by atomic mass is 10.2. The number of benzene rings is 2. The number of aryl methyl sites for hydroxylation is 1. The summed E-state index contributed by atoms with van der Waals surface area (Å²) in [7, 11) is 1.65. The average molecular weight is 490 g/mol. The van der Waals surface area contributed by atoms with Gasteiger partial charge < -0.3 is 9.47 Å². The fraction of sp³-hybridized carbons (Fsp3) is 0.364. The van der Waals surface area contributed by atoms with Gasteiger partial charge in [0.15, 0.2) is 5.13 Å². The highest BCUT2D eigenvalue weighted by atomic mass is 79.9. The van der Waals surface area contributed by atoms with Crippen molar-refractivity contribution in [1.29, 1.82) is 0 Å². The monoisotopic (exact) mass is 489 g/mol. The Balaban J connectivity index is 1.68. The van der Waals surface area contributed by atoms with Crippen LogP contribution in [0.4, 0.5) is 5.13 Å². The van der Waals surface area contributed by atoms with Crippen molar-refractivity contribution in [3.8, 4) is 5.75 Å². The summed E-state index contributed by atoms with van der Waals surface area (Å²) in [6.07, 6.45) is 0. The summed E-state index contributed by atoms with van der Waals surface area (Å²) in [5.41, 5.74) is 2.57. The molecule has 1 aliphatic heterocycles. The smallest absolute Gasteiger partial charge is 0.260 e. The van der Waals surface area contributed by atoms with Gasteiger partial charge in [0.2, 0.25) is 0 Å². The number of hydrogen-bond acceptors (Lipinski definition) is 6. The molecule has 1 amide bonds. The maximum atomic E-state index is 13.4. The predicted octanol–water partition coefficient (Wildman–Crippen LogP) is 4.35. The largest absolute Gasteiger partial charge is 0.494 e. The average Bonchev–Trinajstić information content (AvgIpc) is 3.21. The number of rotatable bonds is 6. The van der Waals surface area contributed by atoms with E-state index in [1.165, 1.54) is 11.3 Å². The van der Waals surface area contributed by atoms with Crippen LogP contribution >= 0.6 is 27.3 Å². The van der Waals surface area contributed by atoms with Gasteiger partial charge in [-0.05, 0) is 42.8 Å². The number of anilines is 1. The molecular weight excluding hydrogens is 466 g/mol. The van der Waals surface area contributed by atoms with Gasteiger partial charge in [-0.2, -0.15) is 0 Å². The number of carbonyl (C=O) groups is 1. The number of aromatic nitrogens is 1. The molecule has 1 fully saturated rings. The number of halogens is 1. The van der Waals surface area contributed by atoms with Crippen LogP contribution in [0.1, 0.15) is 15.9 Å². The molecule has 0 aliphatic carbocycles. The SMILES string of the molecule is COc1ccc(C)c2sc(N(CCN3CCOCC3)C(=O)c3ccc(Br)cc3)nc12. The van der Waals surface area contributed by atoms with E-state index in [1.54, 1.807) is 12.0 Å². The van der Waals surface area contributed by atoms with Gasteiger partial charge in [0, 0.05) is 36.2 Å². The van der Waals surface area contributed by atoms with Gasteiger partial charge in [0.1, 0.15) is 11.3 Å². The van der Waals surface area contributed by atoms with Gasteiger partial charge in [-0.15, -0.1) is 0 Å². The topological polar surface area (TPSA) is 54.9 Å². The van der Waals surface area contributed by atoms with E-state index in [4.69, 9.17) is 14.5 Å². The predicted molar refractivity (Wildman–Crippen MR) is 124 cm³/mol. The van der Waals surface area contributed by atoms with Crippen LogP contribution in [0.2, 0.25) is 0 Å². The number of ether oxygens (including phenoxy) is 2. The van der Waals surface area contributed by atoms with Crippen molar-refractivity contribution in [2.75, 3.05) is 51.4 Å². The van der Waals surface area contributed by atoms with Crippen LogP contribution < -0.4 is 9.64 Å². The molecule has 30 heavy (non-hydrogen) atoms. The van der Waals surface area contributed by atoms with Gasteiger partial charge in [-0.25, -0.2) is 4.98 Å². The first kappa shape index (κ1) is 21.2. The molecule has 0 spiro atoms. The van der Waals surface area contributed by atoms with Crippen molar-refractivity contribution < 1.29 is 14.3 Å². The molecule has 158 valence electrons. The molecule has 0 atom stereocenters. The van der Waals surface area contributed by atoms with Crippen molar-refractivity contribution in [3.05, 3.63) is 52.0 Å². The second-order valence-electron chi connectivity index (χ2n) is 7.18. The molecular formula is C22H24BrN3O3S. The van der Waals surface area contributed by atoms with Gasteiger partial charge in [0.05, 0.1) is 25.0 Å². The Kier molecular flexibility index (Phi) is 6.67. The second-order valence-corrected chi connectivity index (χ2v) is 9.07. The lowest BCUT2D eigenvalue weighted by Crippen LogP contribution is -2.43. The molecule has 2 aromatic carbocycles. The van der Waals surface area contributed by atoms with Crippen LogP contribution in [-0.4, -0.2) is 62.3 Å². The number of methoxy groups -OCH3 is 1. The number of hydrogen-bond donors (Lipinski definition) is 0. The lowest BCUT2D eigenvalue weighted by Gasteiger charge is -2.29. The third-order valence-corrected chi connectivity index (χ3v) is 6.97. The number of fused-ring (bicyclic) bond motifs is 1. The molecule has 2 heterocycles. The zero-order valence-corrected chi connectivity index (χ0v) is 19.5. The number of thiazole rings is 1. The summed E-state index contributed by atoms with van der Waals surface area (Å²) in [4.78, 5) is 22.4. The zero-order chi connectivity index (χ0) is 21.1. The first-order chi connectivity index (χ1) is 14.6. The molecule has 1 saturated heterocycles. The molecule has 1 aromatic heterocycles. The molecule has 0 bridgehead atoms. The molecule has 0 saturated carbocycles. The number of morpholine rings is 1. The molecule has 0 radical (unpaired) electrons. The van der Waals surface area contributed by atoms with Crippen LogP contribution in [0.5, 0.6) is 5.75 Å². The van der Waals surface area contributed by atoms with E-state index in [-0.39, 0.29) is 5.91 Å². The fourth-order valence-electron chi connectivity index (χ4n) is 3.48. The zero-order valence-electron chi connectivity index (χ0n) is 17.1. The third-order valence-electron chi connectivity index (χ3n) is 5.22. The minimum Gasteiger partial charge on any atom is -0.494 e. The molecule has 6 nitrogen and oxygen atoms in total.